The highest BCUT2D eigenvalue weighted by Gasteiger charge is 2.14. The van der Waals surface area contributed by atoms with Crippen LogP contribution in [0.3, 0.4) is 0 Å². The summed E-state index contributed by atoms with van der Waals surface area (Å²) in [6, 6.07) is 0. The number of likely N-dealkylation sites (tertiary alicyclic amines) is 1. The Labute approximate surface area is 67.3 Å². The molecule has 0 aromatic heterocycles. The van der Waals surface area contributed by atoms with E-state index in [4.69, 9.17) is 4.74 Å². The summed E-state index contributed by atoms with van der Waals surface area (Å²) in [6.07, 6.45) is 2.47. The molecule has 0 aliphatic carbocycles. The van der Waals surface area contributed by atoms with Gasteiger partial charge in [0.25, 0.3) is 0 Å². The normalized spacial score (nSPS) is 19.0. The van der Waals surface area contributed by atoms with E-state index >= 15 is 0 Å². The Morgan fingerprint density at radius 2 is 2.09 bits per heavy atom. The summed E-state index contributed by atoms with van der Waals surface area (Å²) in [4.78, 5) is 13.2. The zero-order valence-electron chi connectivity index (χ0n) is 7.01. The molecule has 1 fully saturated rings. The van der Waals surface area contributed by atoms with E-state index in [1.165, 1.54) is 12.8 Å². The van der Waals surface area contributed by atoms with Gasteiger partial charge in [0.2, 0.25) is 0 Å². The van der Waals surface area contributed by atoms with Crippen molar-refractivity contribution in [1.82, 2.24) is 4.90 Å². The third-order valence-corrected chi connectivity index (χ3v) is 1.90. The third-order valence-electron chi connectivity index (χ3n) is 1.90. The van der Waals surface area contributed by atoms with E-state index in [9.17, 15) is 4.79 Å². The number of ether oxygens (including phenoxy) is 1. The average molecular weight is 157 g/mol. The molecule has 0 N–H and O–H groups in total. The molecule has 0 unspecified atom stereocenters. The van der Waals surface area contributed by atoms with Gasteiger partial charge in [0.05, 0.1) is 6.54 Å². The first kappa shape index (κ1) is 8.68. The molecule has 0 saturated carbocycles. The molecule has 1 aliphatic heterocycles. The maximum Gasteiger partial charge on any atom is 0.172 e. The molecule has 11 heavy (non-hydrogen) atoms. The Balaban J connectivity index is 2.13. The number of carbonyl (C=O) groups excluding carboxylic acids is 1. The topological polar surface area (TPSA) is 29.5 Å². The molecule has 1 aliphatic rings. The lowest BCUT2D eigenvalue weighted by Gasteiger charge is -2.12. The number of carbonyl (C=O) groups is 1. The molecule has 0 atom stereocenters. The van der Waals surface area contributed by atoms with Crippen LogP contribution in [0.25, 0.3) is 0 Å². The van der Waals surface area contributed by atoms with Crippen LogP contribution < -0.4 is 0 Å². The minimum absolute atomic E-state index is 0.189. The largest absolute Gasteiger partial charge is 0.377 e. The van der Waals surface area contributed by atoms with E-state index in [-0.39, 0.29) is 12.4 Å². The first-order chi connectivity index (χ1) is 5.33. The lowest BCUT2D eigenvalue weighted by Crippen LogP contribution is -2.28. The second-order valence-electron chi connectivity index (χ2n) is 2.95. The summed E-state index contributed by atoms with van der Waals surface area (Å²) in [5.74, 6) is 0.189. The molecule has 0 bridgehead atoms. The predicted octanol–water partition coefficient (Wildman–Crippen LogP) is 0.298. The highest BCUT2D eigenvalue weighted by atomic mass is 16.5. The fraction of sp³-hybridized carbons (Fsp3) is 0.875. The second-order valence-corrected chi connectivity index (χ2v) is 2.95. The van der Waals surface area contributed by atoms with E-state index in [0.29, 0.717) is 6.54 Å². The van der Waals surface area contributed by atoms with Crippen molar-refractivity contribution in [3.63, 3.8) is 0 Å². The maximum absolute atomic E-state index is 11.0. The summed E-state index contributed by atoms with van der Waals surface area (Å²) in [5.41, 5.74) is 0. The third kappa shape index (κ3) is 2.99. The van der Waals surface area contributed by atoms with Crippen LogP contribution in [0.2, 0.25) is 0 Å². The van der Waals surface area contributed by atoms with Crippen molar-refractivity contribution in [2.45, 2.75) is 12.8 Å². The number of methoxy groups -OCH3 is 1. The predicted molar refractivity (Wildman–Crippen MR) is 42.6 cm³/mol. The van der Waals surface area contributed by atoms with Crippen LogP contribution in [0, 0.1) is 0 Å². The van der Waals surface area contributed by atoms with Gasteiger partial charge in [0.15, 0.2) is 5.78 Å². The maximum atomic E-state index is 11.0. The van der Waals surface area contributed by atoms with Gasteiger partial charge in [-0.15, -0.1) is 0 Å². The highest BCUT2D eigenvalue weighted by Crippen LogP contribution is 2.06. The molecular weight excluding hydrogens is 142 g/mol. The van der Waals surface area contributed by atoms with Gasteiger partial charge in [-0.2, -0.15) is 0 Å². The molecular formula is C8H15NO2. The zero-order valence-corrected chi connectivity index (χ0v) is 7.01. The molecule has 3 nitrogen and oxygen atoms in total. The van der Waals surface area contributed by atoms with Crippen molar-refractivity contribution in [2.75, 3.05) is 33.4 Å². The molecule has 0 spiro atoms. The molecule has 0 radical (unpaired) electrons. The number of nitrogens with zero attached hydrogens (tertiary/aromatic N) is 1. The fourth-order valence-corrected chi connectivity index (χ4v) is 1.40. The number of hydrogen-bond donors (Lipinski definition) is 0. The molecule has 1 heterocycles. The van der Waals surface area contributed by atoms with Crippen LogP contribution in [0.1, 0.15) is 12.8 Å². The summed E-state index contributed by atoms with van der Waals surface area (Å²) in [5, 5.41) is 0. The van der Waals surface area contributed by atoms with Gasteiger partial charge in [0.1, 0.15) is 6.61 Å². The molecule has 1 rings (SSSR count). The Morgan fingerprint density at radius 1 is 1.45 bits per heavy atom. The number of hydrogen-bond acceptors (Lipinski definition) is 3. The zero-order chi connectivity index (χ0) is 8.10. The number of rotatable bonds is 4. The van der Waals surface area contributed by atoms with E-state index in [1.54, 1.807) is 7.11 Å². The van der Waals surface area contributed by atoms with Gasteiger partial charge in [-0.05, 0) is 25.9 Å². The Bertz CT molecular complexity index is 130. The lowest BCUT2D eigenvalue weighted by atomic mass is 10.4. The van der Waals surface area contributed by atoms with Crippen LogP contribution >= 0.6 is 0 Å². The molecule has 0 aromatic carbocycles. The average Bonchev–Trinajstić information content (AvgIpc) is 2.40. The van der Waals surface area contributed by atoms with Gasteiger partial charge < -0.3 is 4.74 Å². The standard InChI is InChI=1S/C8H15NO2/c1-11-7-8(10)6-9-4-2-3-5-9/h2-7H2,1H3. The monoisotopic (exact) mass is 157 g/mol. The SMILES string of the molecule is COCC(=O)CN1CCCC1. The van der Waals surface area contributed by atoms with Crippen molar-refractivity contribution in [3.8, 4) is 0 Å². The van der Waals surface area contributed by atoms with Crippen molar-refractivity contribution in [1.29, 1.82) is 0 Å². The first-order valence-electron chi connectivity index (χ1n) is 4.06. The van der Waals surface area contributed by atoms with Crippen molar-refractivity contribution in [3.05, 3.63) is 0 Å². The minimum Gasteiger partial charge on any atom is -0.377 e. The van der Waals surface area contributed by atoms with Crippen LogP contribution in [0.15, 0.2) is 0 Å². The van der Waals surface area contributed by atoms with Gasteiger partial charge in [-0.3, -0.25) is 9.69 Å². The first-order valence-corrected chi connectivity index (χ1v) is 4.06. The molecule has 1 saturated heterocycles. The van der Waals surface area contributed by atoms with Gasteiger partial charge in [0, 0.05) is 7.11 Å². The van der Waals surface area contributed by atoms with Gasteiger partial charge in [-0.25, -0.2) is 0 Å². The molecule has 3 heteroatoms. The molecule has 64 valence electrons. The summed E-state index contributed by atoms with van der Waals surface area (Å²) in [6.45, 7) is 3.00. The van der Waals surface area contributed by atoms with Crippen molar-refractivity contribution in [2.24, 2.45) is 0 Å². The number of ketones is 1. The summed E-state index contributed by atoms with van der Waals surface area (Å²) in [7, 11) is 1.56. The van der Waals surface area contributed by atoms with E-state index in [0.717, 1.165) is 13.1 Å². The van der Waals surface area contributed by atoms with E-state index in [1.807, 2.05) is 0 Å². The summed E-state index contributed by atoms with van der Waals surface area (Å²) >= 11 is 0. The van der Waals surface area contributed by atoms with Crippen LogP contribution in [0.4, 0.5) is 0 Å². The van der Waals surface area contributed by atoms with Gasteiger partial charge >= 0.3 is 0 Å². The second kappa shape index (κ2) is 4.46. The van der Waals surface area contributed by atoms with Crippen molar-refractivity contribution < 1.29 is 9.53 Å². The Hall–Kier alpha value is -0.410. The Kier molecular flexibility index (Phi) is 3.52. The molecule has 0 aromatic rings. The van der Waals surface area contributed by atoms with E-state index < -0.39 is 0 Å². The van der Waals surface area contributed by atoms with Crippen LogP contribution in [-0.4, -0.2) is 44.0 Å². The quantitative estimate of drug-likeness (QED) is 0.587. The van der Waals surface area contributed by atoms with Crippen molar-refractivity contribution >= 4 is 5.78 Å². The lowest BCUT2D eigenvalue weighted by molar-refractivity contribution is -0.123. The smallest absolute Gasteiger partial charge is 0.172 e. The van der Waals surface area contributed by atoms with Crippen LogP contribution in [-0.2, 0) is 9.53 Å². The Morgan fingerprint density at radius 3 is 2.64 bits per heavy atom. The highest BCUT2D eigenvalue weighted by molar-refractivity contribution is 5.81. The summed E-state index contributed by atoms with van der Waals surface area (Å²) < 4.78 is 4.74. The molecule has 0 amide bonds. The van der Waals surface area contributed by atoms with E-state index in [2.05, 4.69) is 4.90 Å². The van der Waals surface area contributed by atoms with Crippen LogP contribution in [0.5, 0.6) is 0 Å². The fourth-order valence-electron chi connectivity index (χ4n) is 1.40. The van der Waals surface area contributed by atoms with Gasteiger partial charge in [-0.1, -0.05) is 0 Å². The minimum atomic E-state index is 0.189. The number of Topliss-reactive ketones (excluding diaryl/α,β-unsaturated/α-hetero) is 1.